The minimum absolute atomic E-state index is 0.279. The Labute approximate surface area is 96.3 Å². The van der Waals surface area contributed by atoms with Crippen molar-refractivity contribution in [1.29, 1.82) is 0 Å². The maximum Gasteiger partial charge on any atom is 0.0487 e. The standard InChI is InChI=1S/C14H16N2/c1-12(13-8-4-2-5-9-13)15-16-14-10-6-3-7-11-14/h2-12,15-16H,1H3. The summed E-state index contributed by atoms with van der Waals surface area (Å²) in [7, 11) is 0. The van der Waals surface area contributed by atoms with Gasteiger partial charge in [-0.05, 0) is 24.6 Å². The molecule has 0 aliphatic carbocycles. The summed E-state index contributed by atoms with van der Waals surface area (Å²) in [5, 5.41) is 0. The van der Waals surface area contributed by atoms with Gasteiger partial charge >= 0.3 is 0 Å². The zero-order valence-electron chi connectivity index (χ0n) is 9.35. The molecule has 0 fully saturated rings. The number of rotatable bonds is 4. The molecule has 0 saturated carbocycles. The van der Waals surface area contributed by atoms with Gasteiger partial charge in [-0.2, -0.15) is 0 Å². The second-order valence-electron chi connectivity index (χ2n) is 3.77. The summed E-state index contributed by atoms with van der Waals surface area (Å²) < 4.78 is 0. The number of benzene rings is 2. The molecule has 0 spiro atoms. The van der Waals surface area contributed by atoms with Gasteiger partial charge in [0.25, 0.3) is 0 Å². The molecule has 2 rings (SSSR count). The monoisotopic (exact) mass is 212 g/mol. The van der Waals surface area contributed by atoms with Crippen molar-refractivity contribution in [3.05, 3.63) is 66.2 Å². The number of nitrogens with one attached hydrogen (secondary N) is 2. The highest BCUT2D eigenvalue weighted by atomic mass is 15.4. The van der Waals surface area contributed by atoms with E-state index in [0.717, 1.165) is 5.69 Å². The average molecular weight is 212 g/mol. The minimum Gasteiger partial charge on any atom is -0.321 e. The SMILES string of the molecule is CC(NNc1ccccc1)c1ccccc1. The van der Waals surface area contributed by atoms with Crippen molar-refractivity contribution in [3.63, 3.8) is 0 Å². The molecule has 0 saturated heterocycles. The van der Waals surface area contributed by atoms with Crippen molar-refractivity contribution in [1.82, 2.24) is 5.43 Å². The second kappa shape index (κ2) is 5.33. The molecule has 0 aliphatic heterocycles. The number of anilines is 1. The lowest BCUT2D eigenvalue weighted by molar-refractivity contribution is 0.644. The Kier molecular flexibility index (Phi) is 3.57. The molecule has 0 radical (unpaired) electrons. The third-order valence-electron chi connectivity index (χ3n) is 2.51. The molecule has 2 heteroatoms. The van der Waals surface area contributed by atoms with Crippen molar-refractivity contribution in [2.24, 2.45) is 0 Å². The molecule has 0 amide bonds. The molecule has 0 heterocycles. The third kappa shape index (κ3) is 2.84. The molecule has 2 aromatic rings. The Morgan fingerprint density at radius 1 is 0.812 bits per heavy atom. The van der Waals surface area contributed by atoms with Crippen LogP contribution < -0.4 is 10.9 Å². The fourth-order valence-corrected chi connectivity index (χ4v) is 1.54. The van der Waals surface area contributed by atoms with Crippen LogP contribution in [0.15, 0.2) is 60.7 Å². The topological polar surface area (TPSA) is 24.1 Å². The fourth-order valence-electron chi connectivity index (χ4n) is 1.54. The van der Waals surface area contributed by atoms with Gasteiger partial charge in [0.1, 0.15) is 0 Å². The van der Waals surface area contributed by atoms with Crippen molar-refractivity contribution in [2.45, 2.75) is 13.0 Å². The van der Waals surface area contributed by atoms with Crippen LogP contribution in [0.4, 0.5) is 5.69 Å². The first kappa shape index (κ1) is 10.7. The van der Waals surface area contributed by atoms with Gasteiger partial charge in [-0.25, -0.2) is 5.43 Å². The highest BCUT2D eigenvalue weighted by Gasteiger charge is 2.02. The minimum atomic E-state index is 0.279. The molecule has 1 atom stereocenters. The Morgan fingerprint density at radius 2 is 1.38 bits per heavy atom. The van der Waals surface area contributed by atoms with Crippen molar-refractivity contribution in [2.75, 3.05) is 5.43 Å². The van der Waals surface area contributed by atoms with E-state index in [-0.39, 0.29) is 6.04 Å². The second-order valence-corrected chi connectivity index (χ2v) is 3.77. The van der Waals surface area contributed by atoms with Crippen molar-refractivity contribution < 1.29 is 0 Å². The van der Waals surface area contributed by atoms with Crippen LogP contribution in [0.3, 0.4) is 0 Å². The maximum atomic E-state index is 3.27. The first-order chi connectivity index (χ1) is 7.86. The summed E-state index contributed by atoms with van der Waals surface area (Å²) in [5.41, 5.74) is 8.80. The molecule has 82 valence electrons. The summed E-state index contributed by atoms with van der Waals surface area (Å²) in [6, 6.07) is 20.7. The van der Waals surface area contributed by atoms with Gasteiger partial charge in [-0.3, -0.25) is 0 Å². The van der Waals surface area contributed by atoms with E-state index in [2.05, 4.69) is 42.0 Å². The van der Waals surface area contributed by atoms with Crippen LogP contribution in [0.5, 0.6) is 0 Å². The van der Waals surface area contributed by atoms with Crippen LogP contribution in [-0.2, 0) is 0 Å². The van der Waals surface area contributed by atoms with E-state index >= 15 is 0 Å². The van der Waals surface area contributed by atoms with Gasteiger partial charge in [-0.1, -0.05) is 48.5 Å². The molecule has 0 aliphatic rings. The molecule has 16 heavy (non-hydrogen) atoms. The number of para-hydroxylation sites is 1. The van der Waals surface area contributed by atoms with Gasteiger partial charge in [0.2, 0.25) is 0 Å². The predicted molar refractivity (Wildman–Crippen MR) is 68.1 cm³/mol. The van der Waals surface area contributed by atoms with Gasteiger partial charge in [0.05, 0.1) is 0 Å². The van der Waals surface area contributed by atoms with E-state index in [4.69, 9.17) is 0 Å². The summed E-state index contributed by atoms with van der Waals surface area (Å²) in [6.45, 7) is 2.13. The highest BCUT2D eigenvalue weighted by molar-refractivity contribution is 5.41. The lowest BCUT2D eigenvalue weighted by Gasteiger charge is -2.15. The molecule has 2 aromatic carbocycles. The first-order valence-corrected chi connectivity index (χ1v) is 5.48. The van der Waals surface area contributed by atoms with Gasteiger partial charge in [-0.15, -0.1) is 0 Å². The van der Waals surface area contributed by atoms with Gasteiger partial charge < -0.3 is 5.43 Å². The molecule has 2 N–H and O–H groups in total. The average Bonchev–Trinajstić information content (AvgIpc) is 2.38. The van der Waals surface area contributed by atoms with Crippen LogP contribution in [0.2, 0.25) is 0 Å². The van der Waals surface area contributed by atoms with Crippen LogP contribution in [-0.4, -0.2) is 0 Å². The third-order valence-corrected chi connectivity index (χ3v) is 2.51. The molecular formula is C14H16N2. The zero-order valence-corrected chi connectivity index (χ0v) is 9.35. The van der Waals surface area contributed by atoms with Gasteiger partial charge in [0, 0.05) is 11.7 Å². The molecule has 0 bridgehead atoms. The summed E-state index contributed by atoms with van der Waals surface area (Å²) in [4.78, 5) is 0. The predicted octanol–water partition coefficient (Wildman–Crippen LogP) is 3.36. The van der Waals surface area contributed by atoms with Gasteiger partial charge in [0.15, 0.2) is 0 Å². The molecule has 0 aromatic heterocycles. The summed E-state index contributed by atoms with van der Waals surface area (Å²) in [6.07, 6.45) is 0. The smallest absolute Gasteiger partial charge is 0.0487 e. The Hall–Kier alpha value is -1.80. The molecular weight excluding hydrogens is 196 g/mol. The van der Waals surface area contributed by atoms with Crippen LogP contribution >= 0.6 is 0 Å². The Balaban J connectivity index is 1.92. The highest BCUT2D eigenvalue weighted by Crippen LogP contribution is 2.11. The lowest BCUT2D eigenvalue weighted by atomic mass is 10.1. The molecule has 2 nitrogen and oxygen atoms in total. The van der Waals surface area contributed by atoms with Crippen LogP contribution in [0.25, 0.3) is 0 Å². The van der Waals surface area contributed by atoms with E-state index in [1.807, 2.05) is 36.4 Å². The first-order valence-electron chi connectivity index (χ1n) is 5.48. The van der Waals surface area contributed by atoms with Crippen LogP contribution in [0, 0.1) is 0 Å². The normalized spacial score (nSPS) is 12.1. The number of hydrogen-bond donors (Lipinski definition) is 2. The number of hydrogen-bond acceptors (Lipinski definition) is 2. The van der Waals surface area contributed by atoms with E-state index in [1.54, 1.807) is 0 Å². The zero-order chi connectivity index (χ0) is 11.2. The number of hydrazine groups is 1. The Bertz CT molecular complexity index is 411. The largest absolute Gasteiger partial charge is 0.321 e. The van der Waals surface area contributed by atoms with E-state index in [1.165, 1.54) is 5.56 Å². The molecule has 1 unspecified atom stereocenters. The fraction of sp³-hybridized carbons (Fsp3) is 0.143. The van der Waals surface area contributed by atoms with E-state index in [9.17, 15) is 0 Å². The maximum absolute atomic E-state index is 3.27. The summed E-state index contributed by atoms with van der Waals surface area (Å²) >= 11 is 0. The van der Waals surface area contributed by atoms with Crippen molar-refractivity contribution >= 4 is 5.69 Å². The van der Waals surface area contributed by atoms with E-state index in [0.29, 0.717) is 0 Å². The lowest BCUT2D eigenvalue weighted by Crippen LogP contribution is -2.25. The van der Waals surface area contributed by atoms with Crippen molar-refractivity contribution in [3.8, 4) is 0 Å². The summed E-state index contributed by atoms with van der Waals surface area (Å²) in [5.74, 6) is 0. The Morgan fingerprint density at radius 3 is 2.00 bits per heavy atom. The van der Waals surface area contributed by atoms with Crippen LogP contribution in [0.1, 0.15) is 18.5 Å². The quantitative estimate of drug-likeness (QED) is 0.759. The van der Waals surface area contributed by atoms with E-state index < -0.39 is 0 Å².